The van der Waals surface area contributed by atoms with Crippen molar-refractivity contribution in [2.45, 2.75) is 18.5 Å². The highest BCUT2D eigenvalue weighted by molar-refractivity contribution is 7.98. The first-order valence-electron chi connectivity index (χ1n) is 6.94. The molecule has 23 heavy (non-hydrogen) atoms. The summed E-state index contributed by atoms with van der Waals surface area (Å²) in [6, 6.07) is 7.74. The zero-order valence-corrected chi connectivity index (χ0v) is 14.6. The molecule has 0 aliphatic carbocycles. The van der Waals surface area contributed by atoms with E-state index >= 15 is 0 Å². The Balaban J connectivity index is 2.18. The number of pyridine rings is 1. The lowest BCUT2D eigenvalue weighted by Crippen LogP contribution is -2.22. The Kier molecular flexibility index (Phi) is 4.58. The highest BCUT2D eigenvalue weighted by Crippen LogP contribution is 2.17. The molecule has 0 bridgehead atoms. The van der Waals surface area contributed by atoms with Gasteiger partial charge in [0.15, 0.2) is 5.49 Å². The molecule has 8 heteroatoms. The average molecular weight is 350 g/mol. The van der Waals surface area contributed by atoms with Gasteiger partial charge < -0.3 is 9.40 Å². The summed E-state index contributed by atoms with van der Waals surface area (Å²) in [5, 5.41) is 10.0. The fourth-order valence-corrected chi connectivity index (χ4v) is 2.86. The summed E-state index contributed by atoms with van der Waals surface area (Å²) in [6.07, 6.45) is 3.78. The van der Waals surface area contributed by atoms with Gasteiger partial charge in [0.2, 0.25) is 0 Å². The quantitative estimate of drug-likeness (QED) is 0.413. The van der Waals surface area contributed by atoms with Crippen LogP contribution in [-0.4, -0.2) is 32.5 Å². The van der Waals surface area contributed by atoms with E-state index in [1.807, 2.05) is 31.4 Å². The predicted molar refractivity (Wildman–Crippen MR) is 90.6 cm³/mol. The maximum atomic E-state index is 5.86. The molecule has 0 N–H and O–H groups in total. The number of rotatable bonds is 4. The van der Waals surface area contributed by atoms with Crippen LogP contribution >= 0.6 is 23.4 Å². The van der Waals surface area contributed by atoms with Gasteiger partial charge in [0.25, 0.3) is 0 Å². The first-order chi connectivity index (χ1) is 11.1. The second kappa shape index (κ2) is 6.64. The maximum absolute atomic E-state index is 5.86. The fraction of sp³-hybridized carbons (Fsp3) is 0.267. The smallest absolute Gasteiger partial charge is 0.196 e. The highest BCUT2D eigenvalue weighted by Gasteiger charge is 2.10. The number of aromatic nitrogens is 4. The van der Waals surface area contributed by atoms with E-state index in [1.165, 1.54) is 7.11 Å². The van der Waals surface area contributed by atoms with Gasteiger partial charge >= 0.3 is 0 Å². The molecule has 0 fully saturated rings. The molecule has 0 saturated heterocycles. The molecule has 3 rings (SSSR count). The van der Waals surface area contributed by atoms with E-state index < -0.39 is 0 Å². The molecule has 0 radical (unpaired) electrons. The number of thioether (sulfide) groups is 1. The predicted octanol–water partition coefficient (Wildman–Crippen LogP) is 2.72. The fourth-order valence-electron chi connectivity index (χ4n) is 2.36. The van der Waals surface area contributed by atoms with Crippen molar-refractivity contribution >= 4 is 29.0 Å². The standard InChI is InChI=1S/C15H16ClN5OS/c1-10-6-13(19-22-2)21-15(7-14(18-21)23-3)20(10)9-11-4-5-12(16)17-8-11/h4-8H,9H2,1-3H3/b19-13+. The molecule has 6 nitrogen and oxygen atoms in total. The van der Waals surface area contributed by atoms with Gasteiger partial charge in [0, 0.05) is 24.0 Å². The van der Waals surface area contributed by atoms with E-state index in [2.05, 4.69) is 19.8 Å². The van der Waals surface area contributed by atoms with Crippen LogP contribution in [0.1, 0.15) is 11.3 Å². The van der Waals surface area contributed by atoms with Crippen LogP contribution < -0.4 is 5.49 Å². The highest BCUT2D eigenvalue weighted by atomic mass is 35.5. The number of nitrogens with zero attached hydrogens (tertiary/aromatic N) is 5. The third kappa shape index (κ3) is 3.20. The van der Waals surface area contributed by atoms with Crippen LogP contribution in [0.2, 0.25) is 5.15 Å². The molecule has 0 atom stereocenters. The summed E-state index contributed by atoms with van der Waals surface area (Å²) in [4.78, 5) is 9.07. The van der Waals surface area contributed by atoms with E-state index in [4.69, 9.17) is 16.4 Å². The first kappa shape index (κ1) is 15.9. The Morgan fingerprint density at radius 2 is 2.17 bits per heavy atom. The molecule has 0 aliphatic heterocycles. The monoisotopic (exact) mass is 349 g/mol. The molecule has 3 heterocycles. The maximum Gasteiger partial charge on any atom is 0.196 e. The summed E-state index contributed by atoms with van der Waals surface area (Å²) in [5.74, 6) is 0. The van der Waals surface area contributed by atoms with E-state index in [1.54, 1.807) is 28.5 Å². The molecular weight excluding hydrogens is 334 g/mol. The van der Waals surface area contributed by atoms with Gasteiger partial charge in [-0.2, -0.15) is 9.61 Å². The average Bonchev–Trinajstić information content (AvgIpc) is 2.98. The van der Waals surface area contributed by atoms with Crippen LogP contribution in [0.3, 0.4) is 0 Å². The van der Waals surface area contributed by atoms with Crippen LogP contribution in [0, 0.1) is 6.92 Å². The molecule has 3 aromatic heterocycles. The Labute approximate surface area is 142 Å². The molecule has 3 aromatic rings. The van der Waals surface area contributed by atoms with E-state index in [-0.39, 0.29) is 0 Å². The summed E-state index contributed by atoms with van der Waals surface area (Å²) < 4.78 is 3.94. The number of hydrogen-bond acceptors (Lipinski definition) is 5. The SMILES string of the molecule is CO/N=c1\cc(C)n(Cc2ccc(Cl)nc2)c2cc(SC)nn12. The lowest BCUT2D eigenvalue weighted by atomic mass is 10.2. The number of fused-ring (bicyclic) bond motifs is 1. The summed E-state index contributed by atoms with van der Waals surface area (Å²) in [5.41, 5.74) is 3.72. The topological polar surface area (TPSA) is 56.7 Å². The lowest BCUT2D eigenvalue weighted by Gasteiger charge is -2.13. The minimum absolute atomic E-state index is 0.490. The van der Waals surface area contributed by atoms with Gasteiger partial charge in [-0.1, -0.05) is 22.8 Å². The van der Waals surface area contributed by atoms with E-state index in [0.29, 0.717) is 17.2 Å². The van der Waals surface area contributed by atoms with Crippen molar-refractivity contribution in [2.24, 2.45) is 5.16 Å². The van der Waals surface area contributed by atoms with E-state index in [0.717, 1.165) is 21.9 Å². The molecule has 0 aliphatic rings. The zero-order valence-electron chi connectivity index (χ0n) is 13.0. The Morgan fingerprint density at radius 1 is 1.35 bits per heavy atom. The second-order valence-corrected chi connectivity index (χ2v) is 6.16. The van der Waals surface area contributed by atoms with Crippen molar-refractivity contribution in [3.05, 3.63) is 52.4 Å². The zero-order chi connectivity index (χ0) is 16.4. The van der Waals surface area contributed by atoms with Crippen molar-refractivity contribution < 1.29 is 4.84 Å². The molecular formula is C15H16ClN5OS. The van der Waals surface area contributed by atoms with Crippen LogP contribution in [-0.2, 0) is 11.4 Å². The molecule has 0 spiro atoms. The van der Waals surface area contributed by atoms with Crippen molar-refractivity contribution in [3.63, 3.8) is 0 Å². The Hall–Kier alpha value is -1.99. The van der Waals surface area contributed by atoms with Crippen LogP contribution in [0.15, 0.2) is 40.6 Å². The minimum atomic E-state index is 0.490. The van der Waals surface area contributed by atoms with Crippen LogP contribution in [0.4, 0.5) is 0 Å². The number of hydrogen-bond donors (Lipinski definition) is 0. The van der Waals surface area contributed by atoms with Crippen LogP contribution in [0.5, 0.6) is 0 Å². The molecule has 0 amide bonds. The molecule has 0 saturated carbocycles. The van der Waals surface area contributed by atoms with Gasteiger partial charge in [0.1, 0.15) is 22.9 Å². The number of halogens is 1. The van der Waals surface area contributed by atoms with Crippen LogP contribution in [0.25, 0.3) is 5.65 Å². The van der Waals surface area contributed by atoms with E-state index in [9.17, 15) is 0 Å². The molecule has 0 aromatic carbocycles. The van der Waals surface area contributed by atoms with Crippen molar-refractivity contribution in [1.29, 1.82) is 0 Å². The van der Waals surface area contributed by atoms with Gasteiger partial charge in [-0.3, -0.25) is 0 Å². The van der Waals surface area contributed by atoms with Crippen molar-refractivity contribution in [3.8, 4) is 0 Å². The normalized spacial score (nSPS) is 12.1. The third-order valence-corrected chi connectivity index (χ3v) is 4.29. The number of aryl methyl sites for hydroxylation is 1. The molecule has 0 unspecified atom stereocenters. The van der Waals surface area contributed by atoms with Gasteiger partial charge in [-0.05, 0) is 24.8 Å². The first-order valence-corrected chi connectivity index (χ1v) is 8.54. The Bertz CT molecular complexity index is 901. The van der Waals surface area contributed by atoms with Crippen molar-refractivity contribution in [1.82, 2.24) is 19.2 Å². The summed E-state index contributed by atoms with van der Waals surface area (Å²) in [7, 11) is 1.53. The third-order valence-electron chi connectivity index (χ3n) is 3.45. The van der Waals surface area contributed by atoms with Gasteiger partial charge in [-0.25, -0.2) is 4.98 Å². The summed E-state index contributed by atoms with van der Waals surface area (Å²) >= 11 is 7.44. The van der Waals surface area contributed by atoms with Crippen molar-refractivity contribution in [2.75, 3.05) is 13.4 Å². The summed E-state index contributed by atoms with van der Waals surface area (Å²) in [6.45, 7) is 2.70. The second-order valence-electron chi connectivity index (χ2n) is 4.95. The lowest BCUT2D eigenvalue weighted by molar-refractivity contribution is 0.196. The largest absolute Gasteiger partial charge is 0.397 e. The molecule has 120 valence electrons. The van der Waals surface area contributed by atoms with Gasteiger partial charge in [-0.15, -0.1) is 11.8 Å². The minimum Gasteiger partial charge on any atom is -0.397 e. The Morgan fingerprint density at radius 3 is 2.83 bits per heavy atom. The van der Waals surface area contributed by atoms with Gasteiger partial charge in [0.05, 0.1) is 6.54 Å².